The minimum Gasteiger partial charge on any atom is -0.508 e. The quantitative estimate of drug-likeness (QED) is 0.664. The van der Waals surface area contributed by atoms with Crippen LogP contribution in [-0.2, 0) is 14.6 Å². The number of carbonyl (C=O) groups is 1. The summed E-state index contributed by atoms with van der Waals surface area (Å²) in [7, 11) is -3.63. The van der Waals surface area contributed by atoms with Gasteiger partial charge in [-0.2, -0.15) is 0 Å². The zero-order chi connectivity index (χ0) is 17.0. The van der Waals surface area contributed by atoms with Crippen LogP contribution < -0.4 is 4.74 Å². The van der Waals surface area contributed by atoms with Gasteiger partial charge in [0, 0.05) is 12.4 Å². The highest BCUT2D eigenvalue weighted by Gasteiger charge is 2.25. The van der Waals surface area contributed by atoms with E-state index in [1.54, 1.807) is 13.1 Å². The second-order valence-corrected chi connectivity index (χ2v) is 7.33. The number of hydrogen-bond donors (Lipinski definition) is 1. The summed E-state index contributed by atoms with van der Waals surface area (Å²) in [6.07, 6.45) is 2.82. The smallest absolute Gasteiger partial charge is 0.315 e. The molecule has 0 unspecified atom stereocenters. The van der Waals surface area contributed by atoms with E-state index < -0.39 is 21.7 Å². The first-order chi connectivity index (χ1) is 10.8. The largest absolute Gasteiger partial charge is 0.508 e. The zero-order valence-electron chi connectivity index (χ0n) is 12.8. The molecule has 0 amide bonds. The van der Waals surface area contributed by atoms with Crippen molar-refractivity contribution in [2.75, 3.05) is 5.75 Å². The molecule has 1 heterocycles. The van der Waals surface area contributed by atoms with Gasteiger partial charge in [-0.15, -0.1) is 0 Å². The number of benzene rings is 1. The SMILES string of the molecule is Cc1cncc(S(=O)(=O)C[C@@H](C)C(=O)Oc2ccc(O)cc2)c1. The Morgan fingerprint density at radius 2 is 1.91 bits per heavy atom. The van der Waals surface area contributed by atoms with E-state index in [0.29, 0.717) is 0 Å². The number of rotatable bonds is 5. The summed E-state index contributed by atoms with van der Waals surface area (Å²) in [6, 6.07) is 7.13. The number of phenols is 1. The molecule has 2 rings (SSSR count). The first-order valence-electron chi connectivity index (χ1n) is 6.93. The van der Waals surface area contributed by atoms with Crippen molar-refractivity contribution in [3.63, 3.8) is 0 Å². The molecule has 0 aliphatic carbocycles. The molecule has 1 aromatic heterocycles. The van der Waals surface area contributed by atoms with E-state index in [1.165, 1.54) is 43.5 Å². The van der Waals surface area contributed by atoms with E-state index in [4.69, 9.17) is 4.74 Å². The summed E-state index contributed by atoms with van der Waals surface area (Å²) < 4.78 is 29.7. The Hall–Kier alpha value is -2.41. The molecule has 23 heavy (non-hydrogen) atoms. The van der Waals surface area contributed by atoms with Crippen LogP contribution in [0.25, 0.3) is 0 Å². The maximum absolute atomic E-state index is 12.3. The average Bonchev–Trinajstić information content (AvgIpc) is 2.49. The lowest BCUT2D eigenvalue weighted by Crippen LogP contribution is -2.25. The minimum atomic E-state index is -3.63. The summed E-state index contributed by atoms with van der Waals surface area (Å²) in [6.45, 7) is 3.23. The van der Waals surface area contributed by atoms with Crippen LogP contribution in [0.1, 0.15) is 12.5 Å². The molecule has 0 radical (unpaired) electrons. The van der Waals surface area contributed by atoms with Gasteiger partial charge in [-0.25, -0.2) is 8.42 Å². The average molecular weight is 335 g/mol. The lowest BCUT2D eigenvalue weighted by molar-refractivity contribution is -0.137. The second kappa shape index (κ2) is 6.78. The summed E-state index contributed by atoms with van der Waals surface area (Å²) in [5, 5.41) is 9.18. The van der Waals surface area contributed by atoms with Crippen LogP contribution in [0, 0.1) is 12.8 Å². The molecule has 0 aliphatic heterocycles. The van der Waals surface area contributed by atoms with Gasteiger partial charge in [-0.3, -0.25) is 9.78 Å². The van der Waals surface area contributed by atoms with Crippen molar-refractivity contribution < 1.29 is 23.1 Å². The number of carbonyl (C=O) groups excluding carboxylic acids is 1. The summed E-state index contributed by atoms with van der Waals surface area (Å²) in [4.78, 5) is 16.0. The van der Waals surface area contributed by atoms with Crippen molar-refractivity contribution in [2.24, 2.45) is 5.92 Å². The molecule has 1 aromatic carbocycles. The third-order valence-corrected chi connectivity index (χ3v) is 5.02. The van der Waals surface area contributed by atoms with Gasteiger partial charge >= 0.3 is 5.97 Å². The van der Waals surface area contributed by atoms with E-state index >= 15 is 0 Å². The van der Waals surface area contributed by atoms with Gasteiger partial charge in [0.1, 0.15) is 11.5 Å². The number of esters is 1. The summed E-state index contributed by atoms with van der Waals surface area (Å²) in [5.41, 5.74) is 0.727. The monoisotopic (exact) mass is 335 g/mol. The highest BCUT2D eigenvalue weighted by Crippen LogP contribution is 2.19. The van der Waals surface area contributed by atoms with Crippen molar-refractivity contribution in [3.8, 4) is 11.5 Å². The standard InChI is InChI=1S/C16H17NO5S/c1-11-7-15(9-17-8-11)23(20,21)10-12(2)16(19)22-14-5-3-13(18)4-6-14/h3-9,12,18H,10H2,1-2H3/t12-/m1/s1. The van der Waals surface area contributed by atoms with Crippen molar-refractivity contribution in [3.05, 3.63) is 48.3 Å². The number of nitrogens with zero attached hydrogens (tertiary/aromatic N) is 1. The minimum absolute atomic E-state index is 0.0485. The van der Waals surface area contributed by atoms with Gasteiger partial charge < -0.3 is 9.84 Å². The van der Waals surface area contributed by atoms with E-state index in [9.17, 15) is 18.3 Å². The molecule has 0 saturated carbocycles. The molecule has 2 aromatic rings. The van der Waals surface area contributed by atoms with Crippen LogP contribution in [0.3, 0.4) is 0 Å². The molecule has 0 spiro atoms. The van der Waals surface area contributed by atoms with E-state index in [2.05, 4.69) is 4.98 Å². The molecule has 1 atom stereocenters. The normalized spacial score (nSPS) is 12.6. The molecule has 0 fully saturated rings. The van der Waals surface area contributed by atoms with Gasteiger partial charge in [0.25, 0.3) is 0 Å². The second-order valence-electron chi connectivity index (χ2n) is 5.30. The van der Waals surface area contributed by atoms with Gasteiger partial charge in [0.2, 0.25) is 0 Å². The molecule has 0 saturated heterocycles. The van der Waals surface area contributed by atoms with Gasteiger partial charge in [-0.1, -0.05) is 6.92 Å². The van der Waals surface area contributed by atoms with Crippen molar-refractivity contribution in [2.45, 2.75) is 18.7 Å². The van der Waals surface area contributed by atoms with Crippen LogP contribution in [-0.4, -0.2) is 30.2 Å². The molecule has 1 N–H and O–H groups in total. The van der Waals surface area contributed by atoms with Crippen LogP contribution in [0.2, 0.25) is 0 Å². The topological polar surface area (TPSA) is 93.6 Å². The lowest BCUT2D eigenvalue weighted by Gasteiger charge is -2.12. The highest BCUT2D eigenvalue weighted by molar-refractivity contribution is 7.91. The molecule has 0 aliphatic rings. The molecular weight excluding hydrogens is 318 g/mol. The maximum atomic E-state index is 12.3. The molecule has 122 valence electrons. The Kier molecular flexibility index (Phi) is 5.00. The van der Waals surface area contributed by atoms with Gasteiger partial charge in [-0.05, 0) is 42.8 Å². The first kappa shape index (κ1) is 17.0. The molecule has 7 heteroatoms. The van der Waals surface area contributed by atoms with Crippen molar-refractivity contribution >= 4 is 15.8 Å². The summed E-state index contributed by atoms with van der Waals surface area (Å²) >= 11 is 0. The summed E-state index contributed by atoms with van der Waals surface area (Å²) in [5.74, 6) is -1.56. The lowest BCUT2D eigenvalue weighted by atomic mass is 10.2. The Bertz CT molecular complexity index is 799. The molecule has 0 bridgehead atoms. The number of hydrogen-bond acceptors (Lipinski definition) is 6. The predicted molar refractivity (Wildman–Crippen MR) is 83.9 cm³/mol. The van der Waals surface area contributed by atoms with Crippen LogP contribution in [0.4, 0.5) is 0 Å². The number of pyridine rings is 1. The number of aryl methyl sites for hydroxylation is 1. The van der Waals surface area contributed by atoms with Crippen molar-refractivity contribution in [1.82, 2.24) is 4.98 Å². The number of ether oxygens (including phenoxy) is 1. The first-order valence-corrected chi connectivity index (χ1v) is 8.58. The Balaban J connectivity index is 2.06. The molecule has 6 nitrogen and oxygen atoms in total. The fraction of sp³-hybridized carbons (Fsp3) is 0.250. The Labute approximate surface area is 134 Å². The maximum Gasteiger partial charge on any atom is 0.315 e. The van der Waals surface area contributed by atoms with E-state index in [0.717, 1.165) is 5.56 Å². The number of aromatic hydroxyl groups is 1. The number of phenolic OH excluding ortho intramolecular Hbond substituents is 1. The predicted octanol–water partition coefficient (Wildman–Crippen LogP) is 2.11. The Morgan fingerprint density at radius 3 is 2.52 bits per heavy atom. The van der Waals surface area contributed by atoms with Gasteiger partial charge in [0.15, 0.2) is 9.84 Å². The van der Waals surface area contributed by atoms with Crippen LogP contribution in [0.5, 0.6) is 11.5 Å². The number of sulfone groups is 1. The van der Waals surface area contributed by atoms with Crippen LogP contribution >= 0.6 is 0 Å². The fourth-order valence-corrected chi connectivity index (χ4v) is 3.50. The van der Waals surface area contributed by atoms with Crippen LogP contribution in [0.15, 0.2) is 47.6 Å². The van der Waals surface area contributed by atoms with Crippen molar-refractivity contribution in [1.29, 1.82) is 0 Å². The third kappa shape index (κ3) is 4.53. The zero-order valence-corrected chi connectivity index (χ0v) is 13.6. The fourth-order valence-electron chi connectivity index (χ4n) is 1.92. The van der Waals surface area contributed by atoms with E-state index in [-0.39, 0.29) is 22.1 Å². The Morgan fingerprint density at radius 1 is 1.26 bits per heavy atom. The third-order valence-electron chi connectivity index (χ3n) is 3.14. The number of aromatic nitrogens is 1. The highest BCUT2D eigenvalue weighted by atomic mass is 32.2. The molecular formula is C16H17NO5S. The van der Waals surface area contributed by atoms with Gasteiger partial charge in [0.05, 0.1) is 16.6 Å². The van der Waals surface area contributed by atoms with E-state index in [1.807, 2.05) is 0 Å².